The van der Waals surface area contributed by atoms with Crippen LogP contribution in [-0.2, 0) is 12.8 Å². The second-order valence-corrected chi connectivity index (χ2v) is 9.02. The molecule has 0 radical (unpaired) electrons. The fourth-order valence-electron chi connectivity index (χ4n) is 5.27. The van der Waals surface area contributed by atoms with Gasteiger partial charge in [0.2, 0.25) is 0 Å². The standard InChI is InChI=1S/C27H31F3O/c1-3-4-5-17-6-8-18(9-7-17)21-13-14-23(27(30)26(21)29)19-10-12-22-20(16-19)11-15-24(31-2)25(22)28/h10-11,13-15,17-18H,3-9,12,16H2,1-2H3. The molecule has 4 heteroatoms. The first-order valence-electron chi connectivity index (χ1n) is 11.5. The largest absolute Gasteiger partial charge is 0.494 e. The van der Waals surface area contributed by atoms with Crippen molar-refractivity contribution in [3.05, 3.63) is 70.0 Å². The van der Waals surface area contributed by atoms with Gasteiger partial charge in [-0.2, -0.15) is 0 Å². The molecule has 2 aliphatic rings. The van der Waals surface area contributed by atoms with Gasteiger partial charge in [-0.1, -0.05) is 50.5 Å². The second-order valence-electron chi connectivity index (χ2n) is 9.02. The zero-order valence-corrected chi connectivity index (χ0v) is 18.4. The molecule has 0 unspecified atom stereocenters. The van der Waals surface area contributed by atoms with Crippen molar-refractivity contribution < 1.29 is 17.9 Å². The van der Waals surface area contributed by atoms with Crippen molar-refractivity contribution in [3.8, 4) is 5.75 Å². The first-order valence-corrected chi connectivity index (χ1v) is 11.5. The molecule has 166 valence electrons. The molecule has 0 N–H and O–H groups in total. The zero-order valence-electron chi connectivity index (χ0n) is 18.4. The van der Waals surface area contributed by atoms with Gasteiger partial charge in [-0.15, -0.1) is 0 Å². The summed E-state index contributed by atoms with van der Waals surface area (Å²) >= 11 is 0. The van der Waals surface area contributed by atoms with Gasteiger partial charge in [-0.05, 0) is 78.7 Å². The van der Waals surface area contributed by atoms with Crippen LogP contribution < -0.4 is 4.74 Å². The van der Waals surface area contributed by atoms with E-state index in [-0.39, 0.29) is 17.5 Å². The summed E-state index contributed by atoms with van der Waals surface area (Å²) in [6.45, 7) is 2.21. The molecule has 1 nitrogen and oxygen atoms in total. The predicted molar refractivity (Wildman–Crippen MR) is 119 cm³/mol. The van der Waals surface area contributed by atoms with Gasteiger partial charge in [-0.25, -0.2) is 13.2 Å². The van der Waals surface area contributed by atoms with E-state index in [4.69, 9.17) is 4.74 Å². The van der Waals surface area contributed by atoms with Crippen molar-refractivity contribution in [1.29, 1.82) is 0 Å². The number of hydrogen-bond acceptors (Lipinski definition) is 1. The summed E-state index contributed by atoms with van der Waals surface area (Å²) in [5.41, 5.74) is 2.89. The van der Waals surface area contributed by atoms with E-state index in [0.717, 1.165) is 37.2 Å². The van der Waals surface area contributed by atoms with Crippen LogP contribution in [0.5, 0.6) is 5.75 Å². The molecule has 0 saturated heterocycles. The Bertz CT molecular complexity index is 971. The summed E-state index contributed by atoms with van der Waals surface area (Å²) in [6, 6.07) is 6.89. The molecule has 2 aromatic rings. The molecular weight excluding hydrogens is 397 g/mol. The summed E-state index contributed by atoms with van der Waals surface area (Å²) in [5, 5.41) is 0. The highest BCUT2D eigenvalue weighted by atomic mass is 19.2. The molecule has 1 fully saturated rings. The van der Waals surface area contributed by atoms with Crippen LogP contribution in [0.25, 0.3) is 5.57 Å². The third-order valence-corrected chi connectivity index (χ3v) is 7.17. The van der Waals surface area contributed by atoms with Crippen LogP contribution in [0.3, 0.4) is 0 Å². The molecule has 0 atom stereocenters. The Hall–Kier alpha value is -2.23. The van der Waals surface area contributed by atoms with E-state index in [0.29, 0.717) is 35.1 Å². The van der Waals surface area contributed by atoms with E-state index < -0.39 is 11.6 Å². The van der Waals surface area contributed by atoms with Crippen LogP contribution in [0.15, 0.2) is 30.3 Å². The molecular formula is C27H31F3O. The normalized spacial score (nSPS) is 20.9. The van der Waals surface area contributed by atoms with Crippen molar-refractivity contribution >= 4 is 5.57 Å². The Labute approximate surface area is 183 Å². The van der Waals surface area contributed by atoms with Crippen molar-refractivity contribution in [2.24, 2.45) is 5.92 Å². The van der Waals surface area contributed by atoms with E-state index in [1.165, 1.54) is 26.4 Å². The first-order chi connectivity index (χ1) is 15.0. The molecule has 2 aromatic carbocycles. The average Bonchev–Trinajstić information content (AvgIpc) is 2.80. The summed E-state index contributed by atoms with van der Waals surface area (Å²) < 4.78 is 49.7. The van der Waals surface area contributed by atoms with Crippen LogP contribution in [0.1, 0.15) is 80.0 Å². The number of unbranched alkanes of at least 4 members (excludes halogenated alkanes) is 1. The quantitative estimate of drug-likeness (QED) is 0.457. The summed E-state index contributed by atoms with van der Waals surface area (Å²) in [7, 11) is 1.44. The summed E-state index contributed by atoms with van der Waals surface area (Å²) in [4.78, 5) is 0. The number of methoxy groups -OCH3 is 1. The number of benzene rings is 2. The number of ether oxygens (including phenoxy) is 1. The molecule has 1 saturated carbocycles. The molecule has 2 aliphatic carbocycles. The predicted octanol–water partition coefficient (Wildman–Crippen LogP) is 7.76. The van der Waals surface area contributed by atoms with Crippen molar-refractivity contribution in [1.82, 2.24) is 0 Å². The SMILES string of the molecule is CCCCC1CCC(c2ccc(C3=CCc4c(ccc(OC)c4F)C3)c(F)c2F)CC1. The lowest BCUT2D eigenvalue weighted by Gasteiger charge is -2.29. The first kappa shape index (κ1) is 22.0. The second kappa shape index (κ2) is 9.50. The van der Waals surface area contributed by atoms with Crippen LogP contribution in [-0.4, -0.2) is 7.11 Å². The maximum atomic E-state index is 15.1. The molecule has 0 heterocycles. The van der Waals surface area contributed by atoms with Gasteiger partial charge in [0, 0.05) is 5.56 Å². The van der Waals surface area contributed by atoms with Crippen molar-refractivity contribution in [2.75, 3.05) is 7.11 Å². The van der Waals surface area contributed by atoms with Crippen LogP contribution in [0.2, 0.25) is 0 Å². The van der Waals surface area contributed by atoms with Crippen LogP contribution >= 0.6 is 0 Å². The summed E-state index contributed by atoms with van der Waals surface area (Å²) in [6.07, 6.45) is 10.3. The molecule has 4 rings (SSSR count). The fourth-order valence-corrected chi connectivity index (χ4v) is 5.27. The molecule has 0 spiro atoms. The minimum Gasteiger partial charge on any atom is -0.494 e. The molecule has 0 bridgehead atoms. The molecule has 0 aliphatic heterocycles. The molecule has 0 aromatic heterocycles. The van der Waals surface area contributed by atoms with Gasteiger partial charge in [0.05, 0.1) is 7.11 Å². The highest BCUT2D eigenvalue weighted by Gasteiger charge is 2.27. The van der Waals surface area contributed by atoms with Gasteiger partial charge in [0.1, 0.15) is 0 Å². The highest BCUT2D eigenvalue weighted by Crippen LogP contribution is 2.40. The minimum atomic E-state index is -0.769. The van der Waals surface area contributed by atoms with Crippen LogP contribution in [0, 0.1) is 23.4 Å². The monoisotopic (exact) mass is 428 g/mol. The Kier molecular flexibility index (Phi) is 6.74. The zero-order chi connectivity index (χ0) is 22.0. The lowest BCUT2D eigenvalue weighted by atomic mass is 9.76. The Morgan fingerprint density at radius 3 is 2.42 bits per heavy atom. The maximum Gasteiger partial charge on any atom is 0.168 e. The maximum absolute atomic E-state index is 15.1. The van der Waals surface area contributed by atoms with Gasteiger partial charge in [-0.3, -0.25) is 0 Å². The highest BCUT2D eigenvalue weighted by molar-refractivity contribution is 5.71. The molecule has 31 heavy (non-hydrogen) atoms. The third-order valence-electron chi connectivity index (χ3n) is 7.17. The number of rotatable bonds is 6. The number of hydrogen-bond donors (Lipinski definition) is 0. The molecule has 0 amide bonds. The van der Waals surface area contributed by atoms with E-state index in [2.05, 4.69) is 6.92 Å². The Morgan fingerprint density at radius 1 is 0.935 bits per heavy atom. The number of fused-ring (bicyclic) bond motifs is 1. The van der Waals surface area contributed by atoms with E-state index in [1.54, 1.807) is 24.3 Å². The number of halogens is 3. The van der Waals surface area contributed by atoms with Gasteiger partial charge in [0.15, 0.2) is 23.2 Å². The minimum absolute atomic E-state index is 0.101. The Balaban J connectivity index is 1.51. The average molecular weight is 429 g/mol. The fraction of sp³-hybridized carbons (Fsp3) is 0.481. The number of allylic oxidation sites excluding steroid dienone is 2. The van der Waals surface area contributed by atoms with E-state index in [1.807, 2.05) is 6.07 Å². The Morgan fingerprint density at radius 2 is 1.71 bits per heavy atom. The van der Waals surface area contributed by atoms with Gasteiger partial charge < -0.3 is 4.74 Å². The third kappa shape index (κ3) is 4.40. The smallest absolute Gasteiger partial charge is 0.168 e. The van der Waals surface area contributed by atoms with Crippen molar-refractivity contribution in [3.63, 3.8) is 0 Å². The van der Waals surface area contributed by atoms with Gasteiger partial charge >= 0.3 is 0 Å². The van der Waals surface area contributed by atoms with Crippen LogP contribution in [0.4, 0.5) is 13.2 Å². The van der Waals surface area contributed by atoms with E-state index in [9.17, 15) is 4.39 Å². The van der Waals surface area contributed by atoms with Crippen molar-refractivity contribution in [2.45, 2.75) is 70.6 Å². The lowest BCUT2D eigenvalue weighted by Crippen LogP contribution is -2.15. The summed E-state index contributed by atoms with van der Waals surface area (Å²) in [5.74, 6) is -0.802. The lowest BCUT2D eigenvalue weighted by molar-refractivity contribution is 0.299. The van der Waals surface area contributed by atoms with E-state index >= 15 is 8.78 Å². The topological polar surface area (TPSA) is 9.23 Å². The van der Waals surface area contributed by atoms with Gasteiger partial charge in [0.25, 0.3) is 0 Å².